The maximum Gasteiger partial charge on any atom is 0.0135 e. The van der Waals surface area contributed by atoms with Gasteiger partial charge in [0.25, 0.3) is 0 Å². The molecule has 0 atom stereocenters. The van der Waals surface area contributed by atoms with Gasteiger partial charge in [-0.15, -0.1) is 12.3 Å². The smallest absolute Gasteiger partial charge is 0.0135 e. The molecular weight excluding hydrogens is 74.1 g/mol. The van der Waals surface area contributed by atoms with Crippen LogP contribution in [-0.4, -0.2) is 6.21 Å². The van der Waals surface area contributed by atoms with E-state index in [0.29, 0.717) is 6.42 Å². The van der Waals surface area contributed by atoms with Crippen LogP contribution in [-0.2, 0) is 0 Å². The summed E-state index contributed by atoms with van der Waals surface area (Å²) in [5, 5.41) is 6.49. The molecule has 0 aliphatic heterocycles. The van der Waals surface area contributed by atoms with E-state index in [2.05, 4.69) is 5.92 Å². The van der Waals surface area contributed by atoms with Gasteiger partial charge in [0, 0.05) is 6.42 Å². The molecule has 0 spiro atoms. The molecule has 0 saturated heterocycles. The van der Waals surface area contributed by atoms with Crippen LogP contribution in [0.3, 0.4) is 0 Å². The zero-order chi connectivity index (χ0) is 4.83. The van der Waals surface area contributed by atoms with Crippen LogP contribution in [0.2, 0.25) is 0 Å². The lowest BCUT2D eigenvalue weighted by atomic mass is 10.3. The molecule has 0 aromatic rings. The Kier molecular flexibility index (Phi) is 3.69. The number of unbranched alkanes of at least 4 members (excludes halogenated alkanes) is 1. The Balaban J connectivity index is 2.72. The van der Waals surface area contributed by atoms with Crippen molar-refractivity contribution < 1.29 is 0 Å². The fourth-order valence-corrected chi connectivity index (χ4v) is 0.156. The predicted molar refractivity (Wildman–Crippen MR) is 26.9 cm³/mol. The van der Waals surface area contributed by atoms with Crippen molar-refractivity contribution in [1.29, 1.82) is 5.41 Å². The Morgan fingerprint density at radius 3 is 2.67 bits per heavy atom. The minimum Gasteiger partial charge on any atom is -0.313 e. The predicted octanol–water partition coefficient (Wildman–Crippen LogP) is 1.05. The molecule has 0 aliphatic carbocycles. The van der Waals surface area contributed by atoms with Crippen LogP contribution in [0.25, 0.3) is 0 Å². The normalized spacial score (nSPS) is 6.50. The van der Waals surface area contributed by atoms with Gasteiger partial charge in [0.05, 0.1) is 0 Å². The van der Waals surface area contributed by atoms with E-state index in [1.54, 1.807) is 0 Å². The van der Waals surface area contributed by atoms with Gasteiger partial charge < -0.3 is 5.41 Å². The summed E-state index contributed by atoms with van der Waals surface area (Å²) in [5.41, 5.74) is 0. The van der Waals surface area contributed by atoms with Crippen molar-refractivity contribution in [2.75, 3.05) is 0 Å². The average molecular weight is 81.1 g/mol. The third-order valence-corrected chi connectivity index (χ3v) is 0.433. The Hall–Kier alpha value is -0.770. The van der Waals surface area contributed by atoms with Gasteiger partial charge in [-0.05, 0) is 12.6 Å². The molecule has 6 heavy (non-hydrogen) atoms. The van der Waals surface area contributed by atoms with Crippen molar-refractivity contribution in [2.24, 2.45) is 0 Å². The molecule has 0 unspecified atom stereocenters. The summed E-state index contributed by atoms with van der Waals surface area (Å²) in [4.78, 5) is 0. The average Bonchev–Trinajstić information content (AvgIpc) is 1.61. The fourth-order valence-electron chi connectivity index (χ4n) is 0.156. The molecule has 1 N–H and O–H groups in total. The van der Waals surface area contributed by atoms with Gasteiger partial charge in [0.1, 0.15) is 0 Å². The molecular formula is C5H7N. The lowest BCUT2D eigenvalue weighted by molar-refractivity contribution is 1.15. The minimum atomic E-state index is 0.698. The first-order chi connectivity index (χ1) is 2.91. The van der Waals surface area contributed by atoms with Gasteiger partial charge >= 0.3 is 0 Å². The standard InChI is InChI=1S/C5H7N/c1-2-3-4-5-6/h1,5-6H,3-4H2. The summed E-state index contributed by atoms with van der Waals surface area (Å²) in [5.74, 6) is 2.42. The first-order valence-electron chi connectivity index (χ1n) is 1.84. The zero-order valence-corrected chi connectivity index (χ0v) is 3.57. The van der Waals surface area contributed by atoms with Crippen LogP contribution >= 0.6 is 0 Å². The molecule has 0 aromatic carbocycles. The Bertz CT molecular complexity index is 68.5. The van der Waals surface area contributed by atoms with Gasteiger partial charge in [0.2, 0.25) is 0 Å². The van der Waals surface area contributed by atoms with Crippen LogP contribution in [0, 0.1) is 17.8 Å². The second-order valence-electron chi connectivity index (χ2n) is 0.947. The van der Waals surface area contributed by atoms with Gasteiger partial charge in [-0.3, -0.25) is 0 Å². The summed E-state index contributed by atoms with van der Waals surface area (Å²) in [6.07, 6.45) is 7.60. The molecule has 0 radical (unpaired) electrons. The van der Waals surface area contributed by atoms with E-state index in [-0.39, 0.29) is 0 Å². The highest BCUT2D eigenvalue weighted by molar-refractivity contribution is 5.53. The van der Waals surface area contributed by atoms with Crippen molar-refractivity contribution in [3.63, 3.8) is 0 Å². The van der Waals surface area contributed by atoms with Crippen molar-refractivity contribution >= 4 is 6.21 Å². The Morgan fingerprint density at radius 1 is 1.83 bits per heavy atom. The Morgan fingerprint density at radius 2 is 2.50 bits per heavy atom. The number of nitrogens with one attached hydrogen (secondary N) is 1. The first kappa shape index (κ1) is 5.23. The second-order valence-corrected chi connectivity index (χ2v) is 0.947. The van der Waals surface area contributed by atoms with E-state index >= 15 is 0 Å². The molecule has 0 fully saturated rings. The van der Waals surface area contributed by atoms with E-state index in [9.17, 15) is 0 Å². The van der Waals surface area contributed by atoms with Crippen molar-refractivity contribution in [3.05, 3.63) is 0 Å². The summed E-state index contributed by atoms with van der Waals surface area (Å²) >= 11 is 0. The molecule has 0 saturated carbocycles. The maximum absolute atomic E-state index is 6.49. The number of rotatable bonds is 2. The third-order valence-electron chi connectivity index (χ3n) is 0.433. The topological polar surface area (TPSA) is 23.9 Å². The molecule has 1 nitrogen and oxygen atoms in total. The van der Waals surface area contributed by atoms with Crippen LogP contribution in [0.5, 0.6) is 0 Å². The van der Waals surface area contributed by atoms with Crippen molar-refractivity contribution in [3.8, 4) is 12.3 Å². The zero-order valence-electron chi connectivity index (χ0n) is 3.57. The maximum atomic E-state index is 6.49. The Labute approximate surface area is 37.9 Å². The molecule has 0 bridgehead atoms. The molecule has 0 amide bonds. The molecule has 0 heterocycles. The van der Waals surface area contributed by atoms with E-state index in [4.69, 9.17) is 11.8 Å². The fraction of sp³-hybridized carbons (Fsp3) is 0.400. The molecule has 0 rings (SSSR count). The number of hydrogen-bond acceptors (Lipinski definition) is 1. The SMILES string of the molecule is C#CCCC=N. The lowest BCUT2D eigenvalue weighted by Crippen LogP contribution is -1.66. The van der Waals surface area contributed by atoms with Gasteiger partial charge in [-0.2, -0.15) is 0 Å². The number of terminal acetylenes is 1. The van der Waals surface area contributed by atoms with Crippen LogP contribution < -0.4 is 0 Å². The van der Waals surface area contributed by atoms with E-state index in [1.165, 1.54) is 6.21 Å². The lowest BCUT2D eigenvalue weighted by Gasteiger charge is -1.72. The van der Waals surface area contributed by atoms with Crippen LogP contribution in [0.15, 0.2) is 0 Å². The van der Waals surface area contributed by atoms with Crippen molar-refractivity contribution in [2.45, 2.75) is 12.8 Å². The highest BCUT2D eigenvalue weighted by Gasteiger charge is 1.67. The summed E-state index contributed by atoms with van der Waals surface area (Å²) < 4.78 is 0. The molecule has 0 aliphatic rings. The summed E-state index contributed by atoms with van der Waals surface area (Å²) in [6.45, 7) is 0. The molecule has 0 aromatic heterocycles. The molecule has 32 valence electrons. The van der Waals surface area contributed by atoms with Gasteiger partial charge in [-0.25, -0.2) is 0 Å². The monoisotopic (exact) mass is 81.1 g/mol. The van der Waals surface area contributed by atoms with Gasteiger partial charge in [-0.1, -0.05) is 0 Å². The minimum absolute atomic E-state index is 0.698. The second kappa shape index (κ2) is 4.23. The number of hydrogen-bond donors (Lipinski definition) is 1. The van der Waals surface area contributed by atoms with Gasteiger partial charge in [0.15, 0.2) is 0 Å². The highest BCUT2D eigenvalue weighted by Crippen LogP contribution is 1.76. The molecule has 1 heteroatoms. The first-order valence-corrected chi connectivity index (χ1v) is 1.84. The largest absolute Gasteiger partial charge is 0.313 e. The summed E-state index contributed by atoms with van der Waals surface area (Å²) in [7, 11) is 0. The summed E-state index contributed by atoms with van der Waals surface area (Å²) in [6, 6.07) is 0. The van der Waals surface area contributed by atoms with Crippen molar-refractivity contribution in [1.82, 2.24) is 0 Å². The quantitative estimate of drug-likeness (QED) is 0.292. The van der Waals surface area contributed by atoms with E-state index in [0.717, 1.165) is 6.42 Å². The van der Waals surface area contributed by atoms with E-state index in [1.807, 2.05) is 0 Å². The van der Waals surface area contributed by atoms with E-state index < -0.39 is 0 Å². The van der Waals surface area contributed by atoms with Crippen LogP contribution in [0.4, 0.5) is 0 Å². The third kappa shape index (κ3) is 3.23. The highest BCUT2D eigenvalue weighted by atomic mass is 14.3. The van der Waals surface area contributed by atoms with Crippen LogP contribution in [0.1, 0.15) is 12.8 Å².